The highest BCUT2D eigenvalue weighted by atomic mass is 32.2. The fourth-order valence-corrected chi connectivity index (χ4v) is 7.18. The fraction of sp³-hybridized carbons (Fsp3) is 0.571. The average Bonchev–Trinajstić information content (AvgIpc) is 3.55. The highest BCUT2D eigenvalue weighted by Gasteiger charge is 2.45. The summed E-state index contributed by atoms with van der Waals surface area (Å²) in [6.07, 6.45) is 4.61. The molecule has 2 N–H and O–H groups in total. The number of piperidine rings is 1. The van der Waals surface area contributed by atoms with E-state index in [4.69, 9.17) is 4.74 Å². The summed E-state index contributed by atoms with van der Waals surface area (Å²) < 4.78 is 31.9. The van der Waals surface area contributed by atoms with Crippen LogP contribution in [0, 0.1) is 17.8 Å². The van der Waals surface area contributed by atoms with Crippen LogP contribution in [-0.4, -0.2) is 56.5 Å². The summed E-state index contributed by atoms with van der Waals surface area (Å²) in [6.45, 7) is 9.56. The van der Waals surface area contributed by atoms with Gasteiger partial charge in [0.2, 0.25) is 0 Å². The van der Waals surface area contributed by atoms with Gasteiger partial charge in [-0.2, -0.15) is 0 Å². The lowest BCUT2D eigenvalue weighted by Crippen LogP contribution is -2.45. The van der Waals surface area contributed by atoms with Crippen molar-refractivity contribution in [3.63, 3.8) is 0 Å². The number of carbonyl (C=O) groups excluding carboxylic acids is 1. The third-order valence-corrected chi connectivity index (χ3v) is 10.0. The van der Waals surface area contributed by atoms with Gasteiger partial charge in [-0.05, 0) is 87.8 Å². The van der Waals surface area contributed by atoms with E-state index in [0.29, 0.717) is 41.4 Å². The predicted octanol–water partition coefficient (Wildman–Crippen LogP) is 4.06. The number of aryl methyl sites for hydroxylation is 1. The number of aromatic nitrogens is 1. The molecule has 0 radical (unpaired) electrons. The number of nitrogens with one attached hydrogen (secondary N) is 1. The number of nitrogens with zero attached hydrogens (tertiary/aromatic N) is 2. The number of benzene rings is 1. The third kappa shape index (κ3) is 5.54. The number of hydrogen-bond acceptors (Lipinski definition) is 7. The molecule has 37 heavy (non-hydrogen) atoms. The molecule has 3 aliphatic rings. The SMILES string of the molecule is Cc1cc(NC(=O)c2ccc(S(=O)(=O)CC3(C)COC3)cc2N2CCC3(CC2)CC3)nc(C(C)(C)O)c1. The van der Waals surface area contributed by atoms with Gasteiger partial charge >= 0.3 is 0 Å². The number of pyridine rings is 1. The maximum absolute atomic E-state index is 13.5. The van der Waals surface area contributed by atoms with Crippen molar-refractivity contribution in [3.05, 3.63) is 47.2 Å². The zero-order valence-corrected chi connectivity index (χ0v) is 23.0. The van der Waals surface area contributed by atoms with Crippen LogP contribution in [0.25, 0.3) is 0 Å². The maximum atomic E-state index is 13.5. The van der Waals surface area contributed by atoms with Gasteiger partial charge in [-0.25, -0.2) is 13.4 Å². The van der Waals surface area contributed by atoms with E-state index < -0.39 is 15.4 Å². The van der Waals surface area contributed by atoms with Crippen LogP contribution >= 0.6 is 0 Å². The standard InChI is InChI=1S/C28H37N3O5S/c1-19-13-23(26(2,3)33)29-24(14-19)30-25(32)21-6-5-20(37(34,35)18-27(4)16-36-17-27)15-22(21)31-11-9-28(7-8-28)10-12-31/h5-6,13-15,33H,7-12,16-18H2,1-4H3,(H,29,30,32). The Hall–Kier alpha value is -2.49. The van der Waals surface area contributed by atoms with Crippen LogP contribution in [0.1, 0.15) is 68.1 Å². The van der Waals surface area contributed by atoms with Gasteiger partial charge in [-0.1, -0.05) is 6.92 Å². The topological polar surface area (TPSA) is 109 Å². The molecule has 1 aromatic heterocycles. The lowest BCUT2D eigenvalue weighted by Gasteiger charge is -2.38. The van der Waals surface area contributed by atoms with E-state index in [-0.39, 0.29) is 22.0 Å². The van der Waals surface area contributed by atoms with Crippen molar-refractivity contribution < 1.29 is 23.1 Å². The van der Waals surface area contributed by atoms with Crippen LogP contribution in [0.3, 0.4) is 0 Å². The lowest BCUT2D eigenvalue weighted by molar-refractivity contribution is -0.0870. The summed E-state index contributed by atoms with van der Waals surface area (Å²) in [6, 6.07) is 8.37. The van der Waals surface area contributed by atoms with Crippen LogP contribution in [0.2, 0.25) is 0 Å². The number of anilines is 2. The number of rotatable bonds is 7. The Morgan fingerprint density at radius 2 is 1.81 bits per heavy atom. The van der Waals surface area contributed by atoms with E-state index in [0.717, 1.165) is 31.5 Å². The number of amides is 1. The number of sulfone groups is 1. The molecule has 200 valence electrons. The highest BCUT2D eigenvalue weighted by Crippen LogP contribution is 2.54. The fourth-order valence-electron chi connectivity index (χ4n) is 5.36. The summed E-state index contributed by atoms with van der Waals surface area (Å²) in [5.74, 6) is 0.00386. The third-order valence-electron chi connectivity index (χ3n) is 7.97. The Bertz CT molecular complexity index is 1310. The molecule has 1 aliphatic carbocycles. The van der Waals surface area contributed by atoms with E-state index in [1.165, 1.54) is 18.9 Å². The molecule has 2 saturated heterocycles. The minimum atomic E-state index is -3.56. The van der Waals surface area contributed by atoms with Crippen molar-refractivity contribution >= 4 is 27.2 Å². The molecule has 2 aromatic rings. The molecule has 1 amide bonds. The van der Waals surface area contributed by atoms with E-state index in [2.05, 4.69) is 15.2 Å². The van der Waals surface area contributed by atoms with Crippen molar-refractivity contribution in [2.45, 2.75) is 63.9 Å². The van der Waals surface area contributed by atoms with Crippen LogP contribution in [0.5, 0.6) is 0 Å². The Morgan fingerprint density at radius 3 is 2.38 bits per heavy atom. The summed E-state index contributed by atoms with van der Waals surface area (Å²) in [5.41, 5.74) is 1.29. The van der Waals surface area contributed by atoms with Crippen molar-refractivity contribution in [1.82, 2.24) is 4.98 Å². The first-order chi connectivity index (χ1) is 17.3. The summed E-state index contributed by atoms with van der Waals surface area (Å²) in [4.78, 5) is 20.4. The molecule has 1 aromatic carbocycles. The van der Waals surface area contributed by atoms with Crippen molar-refractivity contribution in [2.24, 2.45) is 10.8 Å². The molecule has 5 rings (SSSR count). The van der Waals surface area contributed by atoms with Crippen LogP contribution < -0.4 is 10.2 Å². The highest BCUT2D eigenvalue weighted by molar-refractivity contribution is 7.91. The van der Waals surface area contributed by atoms with Gasteiger partial charge in [0, 0.05) is 18.5 Å². The van der Waals surface area contributed by atoms with Gasteiger partial charge in [0.1, 0.15) is 11.4 Å². The average molecular weight is 528 g/mol. The Balaban J connectivity index is 1.46. The first kappa shape index (κ1) is 26.1. The molecule has 9 heteroatoms. The first-order valence-corrected chi connectivity index (χ1v) is 14.7. The summed E-state index contributed by atoms with van der Waals surface area (Å²) in [5, 5.41) is 13.3. The van der Waals surface area contributed by atoms with Crippen LogP contribution in [-0.2, 0) is 20.2 Å². The smallest absolute Gasteiger partial charge is 0.258 e. The summed E-state index contributed by atoms with van der Waals surface area (Å²) in [7, 11) is -3.56. The molecular formula is C28H37N3O5S. The molecule has 0 bridgehead atoms. The van der Waals surface area contributed by atoms with Crippen molar-refractivity contribution in [1.29, 1.82) is 0 Å². The van der Waals surface area contributed by atoms with E-state index in [1.807, 2.05) is 13.8 Å². The second-order valence-corrected chi connectivity index (χ2v) is 14.1. The van der Waals surface area contributed by atoms with Crippen LogP contribution in [0.15, 0.2) is 35.2 Å². The normalized spacial score (nSPS) is 20.4. The van der Waals surface area contributed by atoms with E-state index >= 15 is 0 Å². The van der Waals surface area contributed by atoms with Gasteiger partial charge in [0.15, 0.2) is 9.84 Å². The minimum Gasteiger partial charge on any atom is -0.384 e. The molecule has 1 spiro atoms. The van der Waals surface area contributed by atoms with Gasteiger partial charge in [-0.15, -0.1) is 0 Å². The molecule has 0 unspecified atom stereocenters. The molecule has 1 saturated carbocycles. The second-order valence-electron chi connectivity index (χ2n) is 12.2. The van der Waals surface area contributed by atoms with Gasteiger partial charge in [-0.3, -0.25) is 4.79 Å². The lowest BCUT2D eigenvalue weighted by atomic mass is 9.92. The Morgan fingerprint density at radius 1 is 1.14 bits per heavy atom. The number of aliphatic hydroxyl groups is 1. The molecule has 0 atom stereocenters. The largest absolute Gasteiger partial charge is 0.384 e. The predicted molar refractivity (Wildman–Crippen MR) is 143 cm³/mol. The number of ether oxygens (including phenoxy) is 1. The van der Waals surface area contributed by atoms with Crippen molar-refractivity contribution in [2.75, 3.05) is 42.3 Å². The van der Waals surface area contributed by atoms with E-state index in [9.17, 15) is 18.3 Å². The maximum Gasteiger partial charge on any atom is 0.258 e. The van der Waals surface area contributed by atoms with Gasteiger partial charge in [0.05, 0.1) is 40.8 Å². The monoisotopic (exact) mass is 527 g/mol. The molecule has 8 nitrogen and oxygen atoms in total. The number of hydrogen-bond donors (Lipinski definition) is 2. The summed E-state index contributed by atoms with van der Waals surface area (Å²) >= 11 is 0. The minimum absolute atomic E-state index is 0.0149. The van der Waals surface area contributed by atoms with Crippen LogP contribution in [0.4, 0.5) is 11.5 Å². The molecular weight excluding hydrogens is 490 g/mol. The molecule has 3 heterocycles. The first-order valence-electron chi connectivity index (χ1n) is 13.0. The Kier molecular flexibility index (Phi) is 6.40. The molecule has 2 aliphatic heterocycles. The van der Waals surface area contributed by atoms with E-state index in [1.54, 1.807) is 38.1 Å². The van der Waals surface area contributed by atoms with Gasteiger partial charge < -0.3 is 20.1 Å². The molecule has 3 fully saturated rings. The van der Waals surface area contributed by atoms with Crippen molar-refractivity contribution in [3.8, 4) is 0 Å². The second kappa shape index (κ2) is 9.06. The Labute approximate surface area is 219 Å². The number of carbonyl (C=O) groups is 1. The van der Waals surface area contributed by atoms with Gasteiger partial charge in [0.25, 0.3) is 5.91 Å². The quantitative estimate of drug-likeness (QED) is 0.559. The zero-order valence-electron chi connectivity index (χ0n) is 22.1. The zero-order chi connectivity index (χ0) is 26.6.